The molecule has 0 N–H and O–H groups in total. The summed E-state index contributed by atoms with van der Waals surface area (Å²) in [6.07, 6.45) is 5.39. The van der Waals surface area contributed by atoms with Crippen molar-refractivity contribution in [2.75, 3.05) is 0 Å². The van der Waals surface area contributed by atoms with Crippen molar-refractivity contribution in [1.29, 1.82) is 0 Å². The van der Waals surface area contributed by atoms with Crippen molar-refractivity contribution in [3.63, 3.8) is 0 Å². The first kappa shape index (κ1) is 24.2. The van der Waals surface area contributed by atoms with Gasteiger partial charge in [-0.15, -0.1) is 0 Å². The van der Waals surface area contributed by atoms with Crippen LogP contribution in [0.3, 0.4) is 0 Å². The van der Waals surface area contributed by atoms with Crippen LogP contribution in [-0.4, -0.2) is 15.0 Å². The van der Waals surface area contributed by atoms with Crippen molar-refractivity contribution in [2.45, 2.75) is 19.3 Å². The van der Waals surface area contributed by atoms with Crippen molar-refractivity contribution in [2.24, 2.45) is 0 Å². The third-order valence-electron chi connectivity index (χ3n) is 9.36. The predicted octanol–water partition coefficient (Wildman–Crippen LogP) is 10.1. The van der Waals surface area contributed by atoms with Crippen LogP contribution in [0.25, 0.3) is 76.9 Å². The smallest absolute Gasteiger partial charge is 0.0897 e. The zero-order valence-corrected chi connectivity index (χ0v) is 24.0. The summed E-state index contributed by atoms with van der Waals surface area (Å²) in [5, 5.41) is 8.40. The first-order valence-corrected chi connectivity index (χ1v) is 14.8. The number of fused-ring (bicyclic) bond motifs is 8. The van der Waals surface area contributed by atoms with E-state index in [4.69, 9.17) is 9.97 Å². The summed E-state index contributed by atoms with van der Waals surface area (Å²) in [4.78, 5) is 14.7. The van der Waals surface area contributed by atoms with Gasteiger partial charge in [-0.25, -0.2) is 4.98 Å². The number of rotatable bonds is 2. The van der Waals surface area contributed by atoms with Gasteiger partial charge in [0.15, 0.2) is 0 Å². The standard InChI is InChI=1S/C40H27N3/c1-40(2)31-18-10-9-17-30(31)39-38(40)37(36-25-12-4-3-11-24(25)19-20-32(36)43-39)35-28-15-7-5-13-26(28)34(33-23-41-21-22-42-33)27-14-6-8-16-29(27)35/h3-23H,1-2H3. The minimum atomic E-state index is -0.245. The number of benzene rings is 6. The van der Waals surface area contributed by atoms with Gasteiger partial charge in [-0.3, -0.25) is 9.97 Å². The molecule has 202 valence electrons. The maximum Gasteiger partial charge on any atom is 0.0897 e. The summed E-state index contributed by atoms with van der Waals surface area (Å²) < 4.78 is 0. The van der Waals surface area contributed by atoms with Crippen LogP contribution in [0.5, 0.6) is 0 Å². The molecule has 0 saturated heterocycles. The monoisotopic (exact) mass is 549 g/mol. The molecule has 6 aromatic carbocycles. The van der Waals surface area contributed by atoms with E-state index in [0.717, 1.165) is 22.5 Å². The zero-order valence-electron chi connectivity index (χ0n) is 24.0. The molecule has 0 atom stereocenters. The summed E-state index contributed by atoms with van der Waals surface area (Å²) in [6, 6.07) is 39.5. The molecule has 0 unspecified atom stereocenters. The lowest BCUT2D eigenvalue weighted by molar-refractivity contribution is 0.662. The Morgan fingerprint density at radius 1 is 0.558 bits per heavy atom. The Bertz CT molecular complexity index is 2370. The van der Waals surface area contributed by atoms with Crippen LogP contribution in [0.15, 0.2) is 128 Å². The van der Waals surface area contributed by atoms with Gasteiger partial charge in [0, 0.05) is 34.3 Å². The molecule has 3 nitrogen and oxygen atoms in total. The molecule has 1 aliphatic carbocycles. The first-order chi connectivity index (χ1) is 21.1. The van der Waals surface area contributed by atoms with E-state index in [9.17, 15) is 0 Å². The van der Waals surface area contributed by atoms with Gasteiger partial charge in [-0.1, -0.05) is 117 Å². The Labute approximate surface area is 249 Å². The second-order valence-electron chi connectivity index (χ2n) is 12.0. The van der Waals surface area contributed by atoms with Crippen molar-refractivity contribution in [3.8, 4) is 33.6 Å². The summed E-state index contributed by atoms with van der Waals surface area (Å²) >= 11 is 0. The fourth-order valence-electron chi connectivity index (χ4n) is 7.56. The van der Waals surface area contributed by atoms with Gasteiger partial charge in [0.1, 0.15) is 0 Å². The second kappa shape index (κ2) is 8.80. The number of hydrogen-bond acceptors (Lipinski definition) is 3. The maximum absolute atomic E-state index is 5.44. The normalized spacial score (nSPS) is 13.5. The van der Waals surface area contributed by atoms with Crippen LogP contribution >= 0.6 is 0 Å². The number of nitrogens with zero attached hydrogens (tertiary/aromatic N) is 3. The molecule has 0 amide bonds. The van der Waals surface area contributed by atoms with Crippen LogP contribution in [0.2, 0.25) is 0 Å². The van der Waals surface area contributed by atoms with Gasteiger partial charge in [-0.05, 0) is 60.6 Å². The highest BCUT2D eigenvalue weighted by Gasteiger charge is 2.40. The topological polar surface area (TPSA) is 38.7 Å². The average Bonchev–Trinajstić information content (AvgIpc) is 3.29. The van der Waals surface area contributed by atoms with Crippen LogP contribution in [0.1, 0.15) is 25.0 Å². The highest BCUT2D eigenvalue weighted by molar-refractivity contribution is 6.26. The summed E-state index contributed by atoms with van der Waals surface area (Å²) in [5.41, 5.74) is 10.2. The van der Waals surface area contributed by atoms with Crippen molar-refractivity contribution in [3.05, 3.63) is 139 Å². The molecule has 0 radical (unpaired) electrons. The van der Waals surface area contributed by atoms with E-state index in [2.05, 4.69) is 128 Å². The Morgan fingerprint density at radius 3 is 1.88 bits per heavy atom. The molecule has 8 aromatic rings. The molecule has 9 rings (SSSR count). The van der Waals surface area contributed by atoms with Crippen molar-refractivity contribution in [1.82, 2.24) is 15.0 Å². The van der Waals surface area contributed by atoms with Crippen molar-refractivity contribution >= 4 is 43.2 Å². The molecular formula is C40H27N3. The third-order valence-corrected chi connectivity index (χ3v) is 9.36. The van der Waals surface area contributed by atoms with Crippen LogP contribution in [0, 0.1) is 0 Å². The number of pyridine rings is 1. The van der Waals surface area contributed by atoms with E-state index in [1.165, 1.54) is 65.5 Å². The lowest BCUT2D eigenvalue weighted by atomic mass is 9.76. The molecule has 1 aliphatic rings. The number of hydrogen-bond donors (Lipinski definition) is 0. The van der Waals surface area contributed by atoms with Gasteiger partial charge in [-0.2, -0.15) is 0 Å². The molecule has 3 heteroatoms. The zero-order chi connectivity index (χ0) is 28.7. The minimum absolute atomic E-state index is 0.245. The fraction of sp³-hybridized carbons (Fsp3) is 0.0750. The van der Waals surface area contributed by atoms with E-state index in [0.29, 0.717) is 0 Å². The Balaban J connectivity index is 1.57. The lowest BCUT2D eigenvalue weighted by Crippen LogP contribution is -2.17. The van der Waals surface area contributed by atoms with E-state index in [1.54, 1.807) is 12.4 Å². The van der Waals surface area contributed by atoms with Crippen LogP contribution in [0.4, 0.5) is 0 Å². The lowest BCUT2D eigenvalue weighted by Gasteiger charge is -2.27. The quantitative estimate of drug-likeness (QED) is 0.159. The minimum Gasteiger partial charge on any atom is -0.261 e. The predicted molar refractivity (Wildman–Crippen MR) is 178 cm³/mol. The average molecular weight is 550 g/mol. The second-order valence-corrected chi connectivity index (χ2v) is 12.0. The van der Waals surface area contributed by atoms with Gasteiger partial charge in [0.2, 0.25) is 0 Å². The Kier molecular flexibility index (Phi) is 4.95. The molecule has 2 heterocycles. The van der Waals surface area contributed by atoms with Gasteiger partial charge >= 0.3 is 0 Å². The Hall–Kier alpha value is -5.41. The highest BCUT2D eigenvalue weighted by atomic mass is 14.8. The molecule has 0 bridgehead atoms. The molecular weight excluding hydrogens is 522 g/mol. The molecule has 2 aromatic heterocycles. The largest absolute Gasteiger partial charge is 0.261 e. The SMILES string of the molecule is CC1(C)c2ccccc2-c2nc3ccc4ccccc4c3c(-c3c4ccccc4c(-c4cnccn4)c4ccccc34)c21. The molecule has 0 spiro atoms. The van der Waals surface area contributed by atoms with Gasteiger partial charge in [0.05, 0.1) is 23.1 Å². The van der Waals surface area contributed by atoms with Crippen LogP contribution < -0.4 is 0 Å². The summed E-state index contributed by atoms with van der Waals surface area (Å²) in [6.45, 7) is 4.72. The van der Waals surface area contributed by atoms with E-state index in [1.807, 2.05) is 6.20 Å². The maximum atomic E-state index is 5.44. The Morgan fingerprint density at radius 2 is 1.19 bits per heavy atom. The van der Waals surface area contributed by atoms with E-state index >= 15 is 0 Å². The highest BCUT2D eigenvalue weighted by Crippen LogP contribution is 2.56. The number of aromatic nitrogens is 3. The molecule has 0 fully saturated rings. The molecule has 43 heavy (non-hydrogen) atoms. The summed E-state index contributed by atoms with van der Waals surface area (Å²) in [7, 11) is 0. The van der Waals surface area contributed by atoms with E-state index < -0.39 is 0 Å². The first-order valence-electron chi connectivity index (χ1n) is 14.8. The van der Waals surface area contributed by atoms with Gasteiger partial charge < -0.3 is 0 Å². The fourth-order valence-corrected chi connectivity index (χ4v) is 7.56. The molecule has 0 aliphatic heterocycles. The van der Waals surface area contributed by atoms with Crippen LogP contribution in [-0.2, 0) is 5.41 Å². The molecule has 0 saturated carbocycles. The summed E-state index contributed by atoms with van der Waals surface area (Å²) in [5.74, 6) is 0. The third kappa shape index (κ3) is 3.28. The van der Waals surface area contributed by atoms with E-state index in [-0.39, 0.29) is 5.41 Å². The van der Waals surface area contributed by atoms with Gasteiger partial charge in [0.25, 0.3) is 0 Å². The van der Waals surface area contributed by atoms with Crippen molar-refractivity contribution < 1.29 is 0 Å².